The molecule has 1 saturated heterocycles. The quantitative estimate of drug-likeness (QED) is 0.671. The van der Waals surface area contributed by atoms with Gasteiger partial charge in [0, 0.05) is 23.1 Å². The minimum absolute atomic E-state index is 0.258. The normalized spacial score (nSPS) is 25.3. The van der Waals surface area contributed by atoms with Gasteiger partial charge in [-0.15, -0.1) is 11.3 Å². The highest BCUT2D eigenvalue weighted by molar-refractivity contribution is 7.99. The summed E-state index contributed by atoms with van der Waals surface area (Å²) >= 11 is 3.62. The van der Waals surface area contributed by atoms with Gasteiger partial charge in [0.05, 0.1) is 6.61 Å². The van der Waals surface area contributed by atoms with Crippen molar-refractivity contribution in [2.45, 2.75) is 6.10 Å². The fourth-order valence-corrected chi connectivity index (χ4v) is 2.66. The van der Waals surface area contributed by atoms with Crippen LogP contribution >= 0.6 is 23.1 Å². The van der Waals surface area contributed by atoms with E-state index >= 15 is 0 Å². The van der Waals surface area contributed by atoms with Crippen LogP contribution in [0, 0.1) is 0 Å². The zero-order valence-corrected chi connectivity index (χ0v) is 7.66. The highest BCUT2D eigenvalue weighted by Crippen LogP contribution is 2.27. The van der Waals surface area contributed by atoms with E-state index in [0.717, 1.165) is 23.1 Å². The van der Waals surface area contributed by atoms with Crippen molar-refractivity contribution in [3.05, 3.63) is 16.6 Å². The zero-order chi connectivity index (χ0) is 7.52. The molecule has 2 heterocycles. The van der Waals surface area contributed by atoms with Crippen LogP contribution in [-0.4, -0.2) is 23.1 Å². The Bertz CT molecular complexity index is 206. The van der Waals surface area contributed by atoms with Gasteiger partial charge in [0.25, 0.3) is 0 Å². The number of nitrogens with zero attached hydrogens (tertiary/aromatic N) is 1. The molecular formula is C7H9NOS2. The topological polar surface area (TPSA) is 22.1 Å². The number of rotatable bonds is 1. The fourth-order valence-electron chi connectivity index (χ4n) is 1.02. The Morgan fingerprint density at radius 3 is 3.27 bits per heavy atom. The summed E-state index contributed by atoms with van der Waals surface area (Å²) < 4.78 is 5.55. The van der Waals surface area contributed by atoms with Crippen LogP contribution < -0.4 is 0 Å². The van der Waals surface area contributed by atoms with Crippen LogP contribution in [0.2, 0.25) is 0 Å². The van der Waals surface area contributed by atoms with Crippen LogP contribution in [0.5, 0.6) is 0 Å². The maximum Gasteiger partial charge on any atom is 0.122 e. The van der Waals surface area contributed by atoms with Gasteiger partial charge in [-0.2, -0.15) is 11.8 Å². The minimum Gasteiger partial charge on any atom is -0.369 e. The Balaban J connectivity index is 2.04. The molecule has 0 spiro atoms. The van der Waals surface area contributed by atoms with Crippen molar-refractivity contribution < 1.29 is 4.74 Å². The molecule has 4 heteroatoms. The maximum atomic E-state index is 5.55. The second-order valence-electron chi connectivity index (χ2n) is 2.30. The second kappa shape index (κ2) is 3.56. The summed E-state index contributed by atoms with van der Waals surface area (Å²) in [7, 11) is 0. The minimum atomic E-state index is 0.258. The molecule has 1 aromatic rings. The molecule has 0 bridgehead atoms. The largest absolute Gasteiger partial charge is 0.369 e. The summed E-state index contributed by atoms with van der Waals surface area (Å²) in [5.41, 5.74) is 0. The van der Waals surface area contributed by atoms with E-state index in [4.69, 9.17) is 4.74 Å². The summed E-state index contributed by atoms with van der Waals surface area (Å²) in [5.74, 6) is 2.19. The van der Waals surface area contributed by atoms with E-state index in [1.165, 1.54) is 0 Å². The van der Waals surface area contributed by atoms with Gasteiger partial charge < -0.3 is 4.74 Å². The lowest BCUT2D eigenvalue weighted by Crippen LogP contribution is -2.15. The average Bonchev–Trinajstić information content (AvgIpc) is 2.58. The molecule has 11 heavy (non-hydrogen) atoms. The molecule has 1 aliphatic heterocycles. The SMILES string of the molecule is c1csc(C2CSCCO2)n1. The molecular weight excluding hydrogens is 178 g/mol. The third-order valence-corrected chi connectivity index (χ3v) is 3.40. The Labute approximate surface area is 74.0 Å². The molecule has 0 N–H and O–H groups in total. The molecule has 1 fully saturated rings. The molecule has 0 aliphatic carbocycles. The van der Waals surface area contributed by atoms with E-state index < -0.39 is 0 Å². The number of hydrogen-bond donors (Lipinski definition) is 0. The molecule has 2 rings (SSSR count). The third-order valence-electron chi connectivity index (χ3n) is 1.54. The van der Waals surface area contributed by atoms with E-state index in [-0.39, 0.29) is 6.10 Å². The van der Waals surface area contributed by atoms with Crippen molar-refractivity contribution in [2.75, 3.05) is 18.1 Å². The number of thioether (sulfide) groups is 1. The molecule has 0 saturated carbocycles. The fraction of sp³-hybridized carbons (Fsp3) is 0.571. The number of aromatic nitrogens is 1. The summed E-state index contributed by atoms with van der Waals surface area (Å²) in [6, 6.07) is 0. The van der Waals surface area contributed by atoms with Gasteiger partial charge in [0.15, 0.2) is 0 Å². The molecule has 1 atom stereocenters. The molecule has 0 aromatic carbocycles. The maximum absolute atomic E-state index is 5.55. The lowest BCUT2D eigenvalue weighted by molar-refractivity contribution is 0.0755. The lowest BCUT2D eigenvalue weighted by Gasteiger charge is -2.19. The van der Waals surface area contributed by atoms with E-state index in [0.29, 0.717) is 0 Å². The standard InChI is InChI=1S/C7H9NOS2/c1-3-11-7(8-1)6-5-10-4-2-9-6/h1,3,6H,2,4-5H2. The van der Waals surface area contributed by atoms with Crippen LogP contribution in [0.15, 0.2) is 11.6 Å². The smallest absolute Gasteiger partial charge is 0.122 e. The van der Waals surface area contributed by atoms with E-state index in [9.17, 15) is 0 Å². The van der Waals surface area contributed by atoms with Crippen LogP contribution in [0.3, 0.4) is 0 Å². The first kappa shape index (κ1) is 7.58. The van der Waals surface area contributed by atoms with Crippen LogP contribution in [0.1, 0.15) is 11.1 Å². The molecule has 0 amide bonds. The van der Waals surface area contributed by atoms with Gasteiger partial charge in [-0.25, -0.2) is 4.98 Å². The van der Waals surface area contributed by atoms with Crippen molar-refractivity contribution in [1.29, 1.82) is 0 Å². The van der Waals surface area contributed by atoms with Gasteiger partial charge in [-0.05, 0) is 0 Å². The third kappa shape index (κ3) is 1.75. The van der Waals surface area contributed by atoms with Crippen molar-refractivity contribution in [2.24, 2.45) is 0 Å². The Morgan fingerprint density at radius 1 is 1.64 bits per heavy atom. The Kier molecular flexibility index (Phi) is 2.45. The molecule has 1 unspecified atom stereocenters. The summed E-state index contributed by atoms with van der Waals surface area (Å²) in [6.07, 6.45) is 2.09. The predicted octanol–water partition coefficient (Wildman–Crippen LogP) is 1.95. The predicted molar refractivity (Wildman–Crippen MR) is 48.1 cm³/mol. The first-order valence-corrected chi connectivity index (χ1v) is 5.59. The van der Waals surface area contributed by atoms with Crippen LogP contribution in [0.4, 0.5) is 0 Å². The Hall–Kier alpha value is -0.0600. The molecule has 0 radical (unpaired) electrons. The first-order chi connectivity index (χ1) is 5.47. The second-order valence-corrected chi connectivity index (χ2v) is 4.38. The van der Waals surface area contributed by atoms with Gasteiger partial charge in [-0.1, -0.05) is 0 Å². The molecule has 1 aromatic heterocycles. The van der Waals surface area contributed by atoms with Crippen molar-refractivity contribution in [3.8, 4) is 0 Å². The molecule has 2 nitrogen and oxygen atoms in total. The molecule has 60 valence electrons. The summed E-state index contributed by atoms with van der Waals surface area (Å²) in [6.45, 7) is 0.870. The zero-order valence-electron chi connectivity index (χ0n) is 6.03. The first-order valence-electron chi connectivity index (χ1n) is 3.55. The highest BCUT2D eigenvalue weighted by Gasteiger charge is 2.17. The average molecular weight is 187 g/mol. The van der Waals surface area contributed by atoms with Gasteiger partial charge in [-0.3, -0.25) is 0 Å². The van der Waals surface area contributed by atoms with Crippen LogP contribution in [0.25, 0.3) is 0 Å². The summed E-state index contributed by atoms with van der Waals surface area (Å²) in [4.78, 5) is 4.22. The lowest BCUT2D eigenvalue weighted by atomic mass is 10.4. The van der Waals surface area contributed by atoms with Gasteiger partial charge >= 0.3 is 0 Å². The van der Waals surface area contributed by atoms with Crippen molar-refractivity contribution in [1.82, 2.24) is 4.98 Å². The van der Waals surface area contributed by atoms with Gasteiger partial charge in [0.2, 0.25) is 0 Å². The Morgan fingerprint density at radius 2 is 2.64 bits per heavy atom. The van der Waals surface area contributed by atoms with Crippen LogP contribution in [-0.2, 0) is 4.74 Å². The number of ether oxygens (including phenoxy) is 1. The van der Waals surface area contributed by atoms with Crippen molar-refractivity contribution >= 4 is 23.1 Å². The van der Waals surface area contributed by atoms with Crippen molar-refractivity contribution in [3.63, 3.8) is 0 Å². The monoisotopic (exact) mass is 187 g/mol. The van der Waals surface area contributed by atoms with E-state index in [1.807, 2.05) is 23.3 Å². The summed E-state index contributed by atoms with van der Waals surface area (Å²) in [5, 5.41) is 3.12. The van der Waals surface area contributed by atoms with Gasteiger partial charge in [0.1, 0.15) is 11.1 Å². The number of thiazole rings is 1. The highest BCUT2D eigenvalue weighted by atomic mass is 32.2. The van der Waals surface area contributed by atoms with E-state index in [1.54, 1.807) is 11.3 Å². The molecule has 1 aliphatic rings. The van der Waals surface area contributed by atoms with E-state index in [2.05, 4.69) is 4.98 Å². The number of hydrogen-bond acceptors (Lipinski definition) is 4.